The van der Waals surface area contributed by atoms with E-state index in [1.807, 2.05) is 20.8 Å². The molecule has 0 N–H and O–H groups in total. The number of carbonyl (C=O) groups excluding carboxylic acids is 1. The molecule has 4 nitrogen and oxygen atoms in total. The molecule has 0 unspecified atom stereocenters. The van der Waals surface area contributed by atoms with Gasteiger partial charge in [-0.1, -0.05) is 0 Å². The number of hydrogen-bond donors (Lipinski definition) is 0. The minimum absolute atomic E-state index is 0.183. The summed E-state index contributed by atoms with van der Waals surface area (Å²) in [5, 5.41) is 0. The number of nitrogens with zero attached hydrogens (tertiary/aromatic N) is 2. The second kappa shape index (κ2) is 6.43. The van der Waals surface area contributed by atoms with Crippen molar-refractivity contribution in [2.75, 3.05) is 37.6 Å². The largest absolute Gasteiger partial charge is 0.459 e. The molecule has 1 aliphatic rings. The van der Waals surface area contributed by atoms with E-state index in [2.05, 4.69) is 9.80 Å². The van der Waals surface area contributed by atoms with Crippen LogP contribution in [0.5, 0.6) is 0 Å². The van der Waals surface area contributed by atoms with Gasteiger partial charge < -0.3 is 9.64 Å². The molecule has 0 saturated carbocycles. The Hall–Kier alpha value is -1.62. The summed E-state index contributed by atoms with van der Waals surface area (Å²) >= 11 is 0. The van der Waals surface area contributed by atoms with Crippen LogP contribution in [0.3, 0.4) is 0 Å². The standard InChI is InChI=1S/C16H23FN2O2/c1-16(2,3)21-15(20)12-18-8-10-19(11-9-18)14-6-4-13(17)5-7-14/h4-7H,8-12H2,1-3H3. The van der Waals surface area contributed by atoms with Crippen LogP contribution >= 0.6 is 0 Å². The van der Waals surface area contributed by atoms with Crippen LogP contribution in [-0.2, 0) is 9.53 Å². The van der Waals surface area contributed by atoms with Gasteiger partial charge in [-0.2, -0.15) is 0 Å². The van der Waals surface area contributed by atoms with Gasteiger partial charge >= 0.3 is 5.97 Å². The predicted octanol–water partition coefficient (Wildman–Crippen LogP) is 2.29. The molecule has 116 valence electrons. The molecule has 0 aliphatic carbocycles. The van der Waals surface area contributed by atoms with Crippen LogP contribution in [0, 0.1) is 5.82 Å². The maximum Gasteiger partial charge on any atom is 0.320 e. The molecule has 1 heterocycles. The number of anilines is 1. The molecule has 0 atom stereocenters. The Morgan fingerprint density at radius 1 is 1.14 bits per heavy atom. The fraction of sp³-hybridized carbons (Fsp3) is 0.562. The Morgan fingerprint density at radius 3 is 2.24 bits per heavy atom. The first-order valence-corrected chi connectivity index (χ1v) is 7.28. The average Bonchev–Trinajstić information content (AvgIpc) is 2.38. The molecule has 0 aromatic heterocycles. The van der Waals surface area contributed by atoms with Crippen molar-refractivity contribution < 1.29 is 13.9 Å². The summed E-state index contributed by atoms with van der Waals surface area (Å²) in [6.07, 6.45) is 0. The molecule has 0 radical (unpaired) electrons. The SMILES string of the molecule is CC(C)(C)OC(=O)CN1CCN(c2ccc(F)cc2)CC1. The third-order valence-electron chi connectivity index (χ3n) is 3.34. The lowest BCUT2D eigenvalue weighted by Gasteiger charge is -2.36. The molecule has 1 fully saturated rings. The van der Waals surface area contributed by atoms with E-state index in [0.29, 0.717) is 6.54 Å². The third kappa shape index (κ3) is 5.01. The molecular weight excluding hydrogens is 271 g/mol. The van der Waals surface area contributed by atoms with Gasteiger partial charge in [-0.05, 0) is 45.0 Å². The summed E-state index contributed by atoms with van der Waals surface area (Å²) < 4.78 is 18.2. The van der Waals surface area contributed by atoms with Crippen molar-refractivity contribution in [1.29, 1.82) is 0 Å². The molecule has 0 spiro atoms. The molecule has 0 amide bonds. The summed E-state index contributed by atoms with van der Waals surface area (Å²) in [6, 6.07) is 6.53. The van der Waals surface area contributed by atoms with Crippen molar-refractivity contribution >= 4 is 11.7 Å². The molecular formula is C16H23FN2O2. The molecule has 5 heteroatoms. The van der Waals surface area contributed by atoms with E-state index >= 15 is 0 Å². The first-order chi connectivity index (χ1) is 9.83. The van der Waals surface area contributed by atoms with E-state index < -0.39 is 5.60 Å². The van der Waals surface area contributed by atoms with Crippen LogP contribution in [0.1, 0.15) is 20.8 Å². The van der Waals surface area contributed by atoms with Crippen molar-refractivity contribution in [3.05, 3.63) is 30.1 Å². The van der Waals surface area contributed by atoms with Gasteiger partial charge in [0, 0.05) is 31.9 Å². The molecule has 1 aromatic carbocycles. The highest BCUT2D eigenvalue weighted by Gasteiger charge is 2.22. The van der Waals surface area contributed by atoms with E-state index in [4.69, 9.17) is 4.74 Å². The van der Waals surface area contributed by atoms with Crippen molar-refractivity contribution in [1.82, 2.24) is 4.90 Å². The smallest absolute Gasteiger partial charge is 0.320 e. The van der Waals surface area contributed by atoms with E-state index in [9.17, 15) is 9.18 Å². The fourth-order valence-corrected chi connectivity index (χ4v) is 2.37. The zero-order valence-corrected chi connectivity index (χ0v) is 12.9. The van der Waals surface area contributed by atoms with Crippen molar-refractivity contribution in [2.45, 2.75) is 26.4 Å². The molecule has 21 heavy (non-hydrogen) atoms. The average molecular weight is 294 g/mol. The van der Waals surface area contributed by atoms with E-state index in [1.54, 1.807) is 12.1 Å². The van der Waals surface area contributed by atoms with Crippen LogP contribution in [0.2, 0.25) is 0 Å². The van der Waals surface area contributed by atoms with Crippen LogP contribution in [0.15, 0.2) is 24.3 Å². The van der Waals surface area contributed by atoms with Crippen LogP contribution < -0.4 is 4.90 Å². The Labute approximate surface area is 125 Å². The quantitative estimate of drug-likeness (QED) is 0.801. The van der Waals surface area contributed by atoms with Gasteiger partial charge in [0.1, 0.15) is 11.4 Å². The minimum Gasteiger partial charge on any atom is -0.459 e. The molecule has 1 saturated heterocycles. The highest BCUT2D eigenvalue weighted by atomic mass is 19.1. The number of ether oxygens (including phenoxy) is 1. The number of benzene rings is 1. The lowest BCUT2D eigenvalue weighted by molar-refractivity contribution is -0.156. The number of halogens is 1. The van der Waals surface area contributed by atoms with Crippen molar-refractivity contribution in [3.63, 3.8) is 0 Å². The van der Waals surface area contributed by atoms with Gasteiger partial charge in [-0.15, -0.1) is 0 Å². The van der Waals surface area contributed by atoms with Gasteiger partial charge in [0.25, 0.3) is 0 Å². The summed E-state index contributed by atoms with van der Waals surface area (Å²) in [7, 11) is 0. The normalized spacial score (nSPS) is 16.9. The van der Waals surface area contributed by atoms with E-state index in [0.717, 1.165) is 31.9 Å². The molecule has 1 aromatic rings. The van der Waals surface area contributed by atoms with Crippen LogP contribution in [0.25, 0.3) is 0 Å². The number of carbonyl (C=O) groups is 1. The predicted molar refractivity (Wildman–Crippen MR) is 80.9 cm³/mol. The summed E-state index contributed by atoms with van der Waals surface area (Å²) in [4.78, 5) is 16.1. The molecule has 1 aliphatic heterocycles. The second-order valence-corrected chi connectivity index (χ2v) is 6.33. The molecule has 0 bridgehead atoms. The zero-order chi connectivity index (χ0) is 15.5. The summed E-state index contributed by atoms with van der Waals surface area (Å²) in [5.74, 6) is -0.403. The first kappa shape index (κ1) is 15.8. The van der Waals surface area contributed by atoms with Gasteiger partial charge in [-0.25, -0.2) is 4.39 Å². The number of rotatable bonds is 3. The fourth-order valence-electron chi connectivity index (χ4n) is 2.37. The first-order valence-electron chi connectivity index (χ1n) is 7.28. The summed E-state index contributed by atoms with van der Waals surface area (Å²) in [5.41, 5.74) is 0.584. The third-order valence-corrected chi connectivity index (χ3v) is 3.34. The van der Waals surface area contributed by atoms with Crippen molar-refractivity contribution in [3.8, 4) is 0 Å². The highest BCUT2D eigenvalue weighted by Crippen LogP contribution is 2.17. The Balaban J connectivity index is 1.80. The maximum absolute atomic E-state index is 12.9. The highest BCUT2D eigenvalue weighted by molar-refractivity contribution is 5.72. The monoisotopic (exact) mass is 294 g/mol. The van der Waals surface area contributed by atoms with Crippen LogP contribution in [-0.4, -0.2) is 49.2 Å². The lowest BCUT2D eigenvalue weighted by Crippen LogP contribution is -2.48. The van der Waals surface area contributed by atoms with Gasteiger partial charge in [0.05, 0.1) is 6.54 Å². The number of hydrogen-bond acceptors (Lipinski definition) is 4. The topological polar surface area (TPSA) is 32.8 Å². The Bertz CT molecular complexity index is 474. The number of piperazine rings is 1. The van der Waals surface area contributed by atoms with Crippen LogP contribution in [0.4, 0.5) is 10.1 Å². The maximum atomic E-state index is 12.9. The van der Waals surface area contributed by atoms with Gasteiger partial charge in [0.15, 0.2) is 0 Å². The minimum atomic E-state index is -0.437. The lowest BCUT2D eigenvalue weighted by atomic mass is 10.2. The Morgan fingerprint density at radius 2 is 1.71 bits per heavy atom. The van der Waals surface area contributed by atoms with Gasteiger partial charge in [0.2, 0.25) is 0 Å². The van der Waals surface area contributed by atoms with E-state index in [-0.39, 0.29) is 11.8 Å². The van der Waals surface area contributed by atoms with Crippen molar-refractivity contribution in [2.24, 2.45) is 0 Å². The summed E-state index contributed by atoms with van der Waals surface area (Å²) in [6.45, 7) is 9.21. The Kier molecular flexibility index (Phi) is 4.83. The number of esters is 1. The second-order valence-electron chi connectivity index (χ2n) is 6.33. The molecule has 2 rings (SSSR count). The zero-order valence-electron chi connectivity index (χ0n) is 12.9. The van der Waals surface area contributed by atoms with Gasteiger partial charge in [-0.3, -0.25) is 9.69 Å². The van der Waals surface area contributed by atoms with E-state index in [1.165, 1.54) is 12.1 Å².